The number of amides is 1. The first-order valence-corrected chi connectivity index (χ1v) is 6.78. The summed E-state index contributed by atoms with van der Waals surface area (Å²) in [6.45, 7) is 4.73. The minimum absolute atomic E-state index is 0.0540. The van der Waals surface area contributed by atoms with Gasteiger partial charge in [0.1, 0.15) is 5.70 Å². The van der Waals surface area contributed by atoms with Gasteiger partial charge < -0.3 is 5.32 Å². The van der Waals surface area contributed by atoms with Crippen LogP contribution < -0.4 is 5.32 Å². The summed E-state index contributed by atoms with van der Waals surface area (Å²) in [5.41, 5.74) is 2.47. The van der Waals surface area contributed by atoms with Crippen molar-refractivity contribution in [3.05, 3.63) is 23.2 Å². The van der Waals surface area contributed by atoms with Gasteiger partial charge in [0.2, 0.25) is 0 Å². The maximum atomic E-state index is 12.2. The van der Waals surface area contributed by atoms with Gasteiger partial charge in [-0.05, 0) is 31.6 Å². The number of aryl methyl sites for hydroxylation is 1. The zero-order valence-corrected chi connectivity index (χ0v) is 12.3. The Hall–Kier alpha value is -1.69. The summed E-state index contributed by atoms with van der Waals surface area (Å²) in [5, 5.41) is 7.63. The molecule has 1 fully saturated rings. The fourth-order valence-corrected chi connectivity index (χ4v) is 2.19. The van der Waals surface area contributed by atoms with Gasteiger partial charge in [0, 0.05) is 24.8 Å². The van der Waals surface area contributed by atoms with E-state index in [2.05, 4.69) is 17.3 Å². The normalized spacial score (nSPS) is 17.4. The molecule has 0 radical (unpaired) electrons. The lowest BCUT2D eigenvalue weighted by Gasteiger charge is -2.12. The molecular weight excluding hydrogens is 260 g/mol. The van der Waals surface area contributed by atoms with Crippen molar-refractivity contribution in [3.8, 4) is 0 Å². The Balaban J connectivity index is 2.21. The molecule has 0 unspecified atom stereocenters. The Morgan fingerprint density at radius 3 is 2.84 bits per heavy atom. The van der Waals surface area contributed by atoms with E-state index in [1.165, 1.54) is 0 Å². The van der Waals surface area contributed by atoms with Crippen molar-refractivity contribution in [1.82, 2.24) is 20.0 Å². The third-order valence-corrected chi connectivity index (χ3v) is 3.59. The number of rotatable bonds is 4. The fourth-order valence-electron chi connectivity index (χ4n) is 1.90. The number of hydrogen-bond acceptors (Lipinski definition) is 3. The Morgan fingerprint density at radius 2 is 2.26 bits per heavy atom. The van der Waals surface area contributed by atoms with Gasteiger partial charge in [-0.1, -0.05) is 13.3 Å². The van der Waals surface area contributed by atoms with Crippen LogP contribution in [0.4, 0.5) is 0 Å². The van der Waals surface area contributed by atoms with Crippen LogP contribution in [-0.2, 0) is 11.8 Å². The molecule has 1 saturated heterocycles. The lowest BCUT2D eigenvalue weighted by Crippen LogP contribution is -2.31. The molecule has 0 saturated carbocycles. The molecule has 102 valence electrons. The van der Waals surface area contributed by atoms with Crippen molar-refractivity contribution in [3.63, 3.8) is 0 Å². The summed E-state index contributed by atoms with van der Waals surface area (Å²) in [4.78, 5) is 13.8. The maximum Gasteiger partial charge on any atom is 0.276 e. The first-order chi connectivity index (χ1) is 9.04. The van der Waals surface area contributed by atoms with Crippen molar-refractivity contribution in [2.24, 2.45) is 7.05 Å². The van der Waals surface area contributed by atoms with E-state index in [9.17, 15) is 4.79 Å². The van der Waals surface area contributed by atoms with Crippen LogP contribution in [0.3, 0.4) is 0 Å². The van der Waals surface area contributed by atoms with E-state index in [1.807, 2.05) is 20.0 Å². The van der Waals surface area contributed by atoms with Crippen molar-refractivity contribution in [2.75, 3.05) is 6.54 Å². The number of unbranched alkanes of at least 4 members (excludes halogenated alkanes) is 1. The molecule has 1 amide bonds. The van der Waals surface area contributed by atoms with Gasteiger partial charge in [0.05, 0.1) is 6.20 Å². The Morgan fingerprint density at radius 1 is 1.53 bits per heavy atom. The molecule has 0 spiro atoms. The van der Waals surface area contributed by atoms with E-state index < -0.39 is 0 Å². The molecule has 0 atom stereocenters. The molecule has 1 aliphatic rings. The van der Waals surface area contributed by atoms with Crippen LogP contribution in [0.1, 0.15) is 31.0 Å². The number of nitrogens with one attached hydrogen (secondary N) is 1. The molecule has 0 aliphatic carbocycles. The summed E-state index contributed by atoms with van der Waals surface area (Å²) in [6.07, 6.45) is 5.54. The Kier molecular flexibility index (Phi) is 3.99. The van der Waals surface area contributed by atoms with E-state index in [1.54, 1.807) is 15.8 Å². The van der Waals surface area contributed by atoms with Crippen LogP contribution in [0.2, 0.25) is 0 Å². The van der Waals surface area contributed by atoms with Gasteiger partial charge in [-0.2, -0.15) is 5.10 Å². The van der Waals surface area contributed by atoms with Crippen LogP contribution in [0, 0.1) is 6.92 Å². The average Bonchev–Trinajstić information content (AvgIpc) is 2.83. The quantitative estimate of drug-likeness (QED) is 0.671. The van der Waals surface area contributed by atoms with Gasteiger partial charge in [-0.15, -0.1) is 0 Å². The third-order valence-electron chi connectivity index (χ3n) is 3.27. The number of aromatic nitrogens is 2. The number of thiocarbonyl (C=S) groups is 1. The molecule has 1 N–H and O–H groups in total. The minimum atomic E-state index is -0.0540. The van der Waals surface area contributed by atoms with Crippen LogP contribution in [0.25, 0.3) is 6.08 Å². The minimum Gasteiger partial charge on any atom is -0.328 e. The Labute approximate surface area is 118 Å². The lowest BCUT2D eigenvalue weighted by molar-refractivity contribution is -0.122. The molecule has 0 aromatic carbocycles. The van der Waals surface area contributed by atoms with Crippen molar-refractivity contribution in [2.45, 2.75) is 26.7 Å². The number of nitrogens with zero attached hydrogens (tertiary/aromatic N) is 3. The van der Waals surface area contributed by atoms with E-state index in [0.29, 0.717) is 17.4 Å². The largest absolute Gasteiger partial charge is 0.328 e. The summed E-state index contributed by atoms with van der Waals surface area (Å²) < 4.78 is 1.78. The highest BCUT2D eigenvalue weighted by Crippen LogP contribution is 2.16. The summed E-state index contributed by atoms with van der Waals surface area (Å²) in [6, 6.07) is 0. The first kappa shape index (κ1) is 13.7. The zero-order chi connectivity index (χ0) is 14.0. The lowest BCUT2D eigenvalue weighted by atomic mass is 10.2. The molecule has 1 aromatic rings. The van der Waals surface area contributed by atoms with E-state index >= 15 is 0 Å². The molecule has 0 bridgehead atoms. The molecule has 6 heteroatoms. The maximum absolute atomic E-state index is 12.2. The second-order valence-electron chi connectivity index (χ2n) is 4.61. The van der Waals surface area contributed by atoms with Gasteiger partial charge in [-0.3, -0.25) is 14.4 Å². The molecule has 5 nitrogen and oxygen atoms in total. The van der Waals surface area contributed by atoms with Crippen molar-refractivity contribution < 1.29 is 4.79 Å². The van der Waals surface area contributed by atoms with Crippen molar-refractivity contribution >= 4 is 29.3 Å². The first-order valence-electron chi connectivity index (χ1n) is 6.37. The van der Waals surface area contributed by atoms with E-state index in [0.717, 1.165) is 24.1 Å². The molecular formula is C13H18N4OS. The van der Waals surface area contributed by atoms with E-state index in [4.69, 9.17) is 12.2 Å². The molecule has 2 heterocycles. The average molecular weight is 278 g/mol. The summed E-state index contributed by atoms with van der Waals surface area (Å²) >= 11 is 5.19. The summed E-state index contributed by atoms with van der Waals surface area (Å²) in [5.74, 6) is -0.0540. The zero-order valence-electron chi connectivity index (χ0n) is 11.4. The standard InChI is InChI=1S/C13H18N4OS/c1-4-5-6-17-12(18)11(15-13(17)19)7-10-8-14-16(3)9(10)2/h7-8H,4-6H2,1-3H3,(H,15,19)/b11-7-. The highest BCUT2D eigenvalue weighted by molar-refractivity contribution is 7.80. The molecule has 1 aromatic heterocycles. The fraction of sp³-hybridized carbons (Fsp3) is 0.462. The highest BCUT2D eigenvalue weighted by Gasteiger charge is 2.30. The third kappa shape index (κ3) is 2.68. The molecule has 1 aliphatic heterocycles. The monoisotopic (exact) mass is 278 g/mol. The molecule has 2 rings (SSSR count). The van der Waals surface area contributed by atoms with Gasteiger partial charge in [-0.25, -0.2) is 0 Å². The Bertz CT molecular complexity index is 547. The van der Waals surface area contributed by atoms with Crippen LogP contribution in [-0.4, -0.2) is 32.2 Å². The predicted molar refractivity (Wildman–Crippen MR) is 78.3 cm³/mol. The molecule has 19 heavy (non-hydrogen) atoms. The van der Waals surface area contributed by atoms with E-state index in [-0.39, 0.29) is 5.91 Å². The topological polar surface area (TPSA) is 50.2 Å². The van der Waals surface area contributed by atoms with Gasteiger partial charge >= 0.3 is 0 Å². The van der Waals surface area contributed by atoms with Crippen LogP contribution >= 0.6 is 12.2 Å². The van der Waals surface area contributed by atoms with Crippen molar-refractivity contribution in [1.29, 1.82) is 0 Å². The number of carbonyl (C=O) groups is 1. The van der Waals surface area contributed by atoms with Gasteiger partial charge in [0.25, 0.3) is 5.91 Å². The SMILES string of the molecule is CCCCN1C(=O)/C(=C/c2cnn(C)c2C)NC1=S. The predicted octanol–water partition coefficient (Wildman–Crippen LogP) is 1.59. The number of hydrogen-bond donors (Lipinski definition) is 1. The second kappa shape index (κ2) is 5.52. The smallest absolute Gasteiger partial charge is 0.276 e. The second-order valence-corrected chi connectivity index (χ2v) is 4.99. The summed E-state index contributed by atoms with van der Waals surface area (Å²) in [7, 11) is 1.87. The highest BCUT2D eigenvalue weighted by atomic mass is 32.1. The van der Waals surface area contributed by atoms with Crippen LogP contribution in [0.15, 0.2) is 11.9 Å². The van der Waals surface area contributed by atoms with Gasteiger partial charge in [0.15, 0.2) is 5.11 Å². The number of carbonyl (C=O) groups excluding carboxylic acids is 1. The van der Waals surface area contributed by atoms with Crippen LogP contribution in [0.5, 0.6) is 0 Å².